The molecule has 0 aliphatic heterocycles. The quantitative estimate of drug-likeness (QED) is 0.789. The van der Waals surface area contributed by atoms with Crippen molar-refractivity contribution in [2.24, 2.45) is 0 Å². The molecule has 1 N–H and O–H groups in total. The first-order valence-corrected chi connectivity index (χ1v) is 7.45. The minimum atomic E-state index is -0.137. The van der Waals surface area contributed by atoms with Gasteiger partial charge in [-0.3, -0.25) is 9.59 Å². The van der Waals surface area contributed by atoms with E-state index in [4.69, 9.17) is 0 Å². The molecule has 0 radical (unpaired) electrons. The maximum atomic E-state index is 12.0. The smallest absolute Gasteiger partial charge is 0.251 e. The average Bonchev–Trinajstić information content (AvgIpc) is 2.44. The van der Waals surface area contributed by atoms with Gasteiger partial charge >= 0.3 is 0 Å². The largest absolute Gasteiger partial charge is 0.321 e. The number of hydrogen-bond donors (Lipinski definition) is 1. The molecule has 0 atom stereocenters. The lowest BCUT2D eigenvalue weighted by atomic mass is 10.1. The molecule has 0 unspecified atom stereocenters. The zero-order valence-corrected chi connectivity index (χ0v) is 12.0. The summed E-state index contributed by atoms with van der Waals surface area (Å²) in [5, 5.41) is 0. The lowest BCUT2D eigenvalue weighted by Crippen LogP contribution is -2.20. The standard InChI is InChI=1S/C16H22N2O2/c1-2-3-4-5-6-7-12-18-14-9-10-15(19)17-13(14)8-11-16(18)20/h8-11H,2-7,12H2,1H3,(H,17,19). The lowest BCUT2D eigenvalue weighted by molar-refractivity contribution is 0.558. The minimum absolute atomic E-state index is 0.00175. The predicted octanol–water partition coefficient (Wildman–Crippen LogP) is 3.05. The number of pyridine rings is 2. The molecule has 108 valence electrons. The highest BCUT2D eigenvalue weighted by atomic mass is 16.1. The molecule has 0 amide bonds. The van der Waals surface area contributed by atoms with Gasteiger partial charge in [-0.1, -0.05) is 39.0 Å². The molecule has 2 heterocycles. The summed E-state index contributed by atoms with van der Waals surface area (Å²) >= 11 is 0. The number of unbranched alkanes of at least 4 members (excludes halogenated alkanes) is 5. The van der Waals surface area contributed by atoms with Crippen LogP contribution < -0.4 is 11.1 Å². The van der Waals surface area contributed by atoms with Crippen LogP contribution in [-0.2, 0) is 6.54 Å². The van der Waals surface area contributed by atoms with Gasteiger partial charge in [0.1, 0.15) is 0 Å². The Kier molecular flexibility index (Phi) is 5.16. The van der Waals surface area contributed by atoms with Crippen LogP contribution >= 0.6 is 0 Å². The second kappa shape index (κ2) is 7.08. The Labute approximate surface area is 118 Å². The summed E-state index contributed by atoms with van der Waals surface area (Å²) in [5.74, 6) is 0. The number of rotatable bonds is 7. The Morgan fingerprint density at radius 2 is 1.70 bits per heavy atom. The van der Waals surface area contributed by atoms with E-state index in [0.29, 0.717) is 6.54 Å². The molecule has 0 fully saturated rings. The van der Waals surface area contributed by atoms with Crippen molar-refractivity contribution in [3.8, 4) is 0 Å². The maximum Gasteiger partial charge on any atom is 0.251 e. The van der Waals surface area contributed by atoms with Gasteiger partial charge in [-0.15, -0.1) is 0 Å². The van der Waals surface area contributed by atoms with Crippen molar-refractivity contribution in [3.05, 3.63) is 45.0 Å². The molecule has 4 heteroatoms. The van der Waals surface area contributed by atoms with Crippen LogP contribution in [0, 0.1) is 0 Å². The van der Waals surface area contributed by atoms with E-state index in [1.807, 2.05) is 0 Å². The van der Waals surface area contributed by atoms with E-state index in [2.05, 4.69) is 11.9 Å². The van der Waals surface area contributed by atoms with Crippen molar-refractivity contribution in [1.29, 1.82) is 0 Å². The molecule has 0 aliphatic rings. The molecular weight excluding hydrogens is 252 g/mol. The van der Waals surface area contributed by atoms with E-state index >= 15 is 0 Å². The maximum absolute atomic E-state index is 12.0. The number of fused-ring (bicyclic) bond motifs is 1. The van der Waals surface area contributed by atoms with Gasteiger partial charge in [-0.25, -0.2) is 0 Å². The van der Waals surface area contributed by atoms with Gasteiger partial charge in [-0.2, -0.15) is 0 Å². The molecular formula is C16H22N2O2. The third-order valence-corrected chi connectivity index (χ3v) is 3.61. The van der Waals surface area contributed by atoms with Gasteiger partial charge in [0, 0.05) is 18.7 Å². The summed E-state index contributed by atoms with van der Waals surface area (Å²) in [7, 11) is 0. The fourth-order valence-electron chi connectivity index (χ4n) is 2.49. The highest BCUT2D eigenvalue weighted by Gasteiger charge is 2.03. The highest BCUT2D eigenvalue weighted by molar-refractivity contribution is 5.73. The third-order valence-electron chi connectivity index (χ3n) is 3.61. The summed E-state index contributed by atoms with van der Waals surface area (Å²) in [4.78, 5) is 26.0. The summed E-state index contributed by atoms with van der Waals surface area (Å²) in [5.41, 5.74) is 1.40. The van der Waals surface area contributed by atoms with Crippen LogP contribution in [0.2, 0.25) is 0 Å². The Morgan fingerprint density at radius 3 is 2.50 bits per heavy atom. The Hall–Kier alpha value is -1.84. The molecule has 0 spiro atoms. The molecule has 20 heavy (non-hydrogen) atoms. The molecule has 2 aromatic rings. The monoisotopic (exact) mass is 274 g/mol. The first-order chi connectivity index (χ1) is 9.72. The number of aryl methyl sites for hydroxylation is 1. The van der Waals surface area contributed by atoms with Crippen molar-refractivity contribution < 1.29 is 0 Å². The topological polar surface area (TPSA) is 54.9 Å². The van der Waals surface area contributed by atoms with Crippen LogP contribution in [0.1, 0.15) is 45.4 Å². The fraction of sp³-hybridized carbons (Fsp3) is 0.500. The second-order valence-electron chi connectivity index (χ2n) is 5.21. The van der Waals surface area contributed by atoms with E-state index < -0.39 is 0 Å². The van der Waals surface area contributed by atoms with Gasteiger partial charge in [-0.05, 0) is 18.6 Å². The first-order valence-electron chi connectivity index (χ1n) is 7.45. The number of hydrogen-bond acceptors (Lipinski definition) is 2. The minimum Gasteiger partial charge on any atom is -0.321 e. The van der Waals surface area contributed by atoms with Crippen LogP contribution in [0.25, 0.3) is 11.0 Å². The van der Waals surface area contributed by atoms with E-state index in [1.165, 1.54) is 37.8 Å². The SMILES string of the molecule is CCCCCCCCn1c(=O)ccc2[nH]c(=O)ccc21. The Bertz CT molecular complexity index is 670. The Morgan fingerprint density at radius 1 is 0.950 bits per heavy atom. The second-order valence-corrected chi connectivity index (χ2v) is 5.21. The summed E-state index contributed by atoms with van der Waals surface area (Å²) in [6.45, 7) is 2.92. The van der Waals surface area contributed by atoms with Gasteiger partial charge < -0.3 is 9.55 Å². The first kappa shape index (κ1) is 14.6. The van der Waals surface area contributed by atoms with Gasteiger partial charge in [0.2, 0.25) is 5.56 Å². The van der Waals surface area contributed by atoms with Gasteiger partial charge in [0.25, 0.3) is 5.56 Å². The van der Waals surface area contributed by atoms with Crippen molar-refractivity contribution in [3.63, 3.8) is 0 Å². The number of aromatic nitrogens is 2. The average molecular weight is 274 g/mol. The van der Waals surface area contributed by atoms with Gasteiger partial charge in [0.05, 0.1) is 11.0 Å². The van der Waals surface area contributed by atoms with E-state index in [9.17, 15) is 9.59 Å². The number of nitrogens with zero attached hydrogens (tertiary/aromatic N) is 1. The van der Waals surface area contributed by atoms with Gasteiger partial charge in [0.15, 0.2) is 0 Å². The van der Waals surface area contributed by atoms with Crippen LogP contribution in [0.5, 0.6) is 0 Å². The summed E-state index contributed by atoms with van der Waals surface area (Å²) in [6, 6.07) is 6.40. The number of H-pyrrole nitrogens is 1. The van der Waals surface area contributed by atoms with E-state index in [0.717, 1.165) is 23.9 Å². The molecule has 4 nitrogen and oxygen atoms in total. The predicted molar refractivity (Wildman–Crippen MR) is 82.2 cm³/mol. The molecule has 2 rings (SSSR count). The van der Waals surface area contributed by atoms with Crippen LogP contribution in [0.15, 0.2) is 33.9 Å². The van der Waals surface area contributed by atoms with Crippen LogP contribution in [0.3, 0.4) is 0 Å². The van der Waals surface area contributed by atoms with Crippen molar-refractivity contribution in [2.75, 3.05) is 0 Å². The molecule has 0 aliphatic carbocycles. The molecule has 0 saturated carbocycles. The van der Waals surface area contributed by atoms with Crippen LogP contribution in [0.4, 0.5) is 0 Å². The zero-order valence-electron chi connectivity index (χ0n) is 12.0. The van der Waals surface area contributed by atoms with E-state index in [-0.39, 0.29) is 11.1 Å². The molecule has 0 saturated heterocycles. The van der Waals surface area contributed by atoms with Crippen molar-refractivity contribution in [2.45, 2.75) is 52.0 Å². The van der Waals surface area contributed by atoms with Crippen molar-refractivity contribution >= 4 is 11.0 Å². The normalized spacial score (nSPS) is 11.1. The number of nitrogens with one attached hydrogen (secondary N) is 1. The van der Waals surface area contributed by atoms with E-state index in [1.54, 1.807) is 16.7 Å². The molecule has 0 bridgehead atoms. The summed E-state index contributed by atoms with van der Waals surface area (Å²) < 4.78 is 1.76. The summed E-state index contributed by atoms with van der Waals surface area (Å²) in [6.07, 6.45) is 7.18. The highest BCUT2D eigenvalue weighted by Crippen LogP contribution is 2.09. The van der Waals surface area contributed by atoms with Crippen molar-refractivity contribution in [1.82, 2.24) is 9.55 Å². The molecule has 0 aromatic carbocycles. The number of aromatic amines is 1. The fourth-order valence-corrected chi connectivity index (χ4v) is 2.49. The lowest BCUT2D eigenvalue weighted by Gasteiger charge is -2.09. The third kappa shape index (κ3) is 3.59. The Balaban J connectivity index is 2.07. The zero-order chi connectivity index (χ0) is 14.4. The molecule has 2 aromatic heterocycles. The van der Waals surface area contributed by atoms with Crippen LogP contribution in [-0.4, -0.2) is 9.55 Å².